The number of rotatable bonds is 3. The number of aromatic nitrogens is 4. The van der Waals surface area contributed by atoms with Crippen molar-refractivity contribution >= 4 is 22.5 Å². The van der Waals surface area contributed by atoms with Crippen molar-refractivity contribution in [3.8, 4) is 0 Å². The van der Waals surface area contributed by atoms with Crippen LogP contribution < -0.4 is 0 Å². The quantitative estimate of drug-likeness (QED) is 0.488. The largest absolute Gasteiger partial charge is 0.416 e. The van der Waals surface area contributed by atoms with E-state index in [1.165, 1.54) is 23.4 Å². The summed E-state index contributed by atoms with van der Waals surface area (Å²) in [5, 5.41) is 5.26. The molecule has 4 nitrogen and oxygen atoms in total. The Morgan fingerprint density at radius 3 is 2.63 bits per heavy atom. The molecule has 0 saturated heterocycles. The molecule has 8 heteroatoms. The molecule has 0 N–H and O–H groups in total. The molecular formula is C19H12ClF3N4. The molecule has 4 aromatic rings. The van der Waals surface area contributed by atoms with Gasteiger partial charge in [0.15, 0.2) is 0 Å². The highest BCUT2D eigenvalue weighted by Crippen LogP contribution is 2.37. The van der Waals surface area contributed by atoms with Crippen LogP contribution >= 0.6 is 11.6 Å². The standard InChI is InChI=1S/C19H12ClF3N4/c20-17-14-5-2-8-25-16(14)7-6-15(17)18(27-11-24-10-26-27)12-3-1-4-13(9-12)19(21,22)23/h1-11,18H. The number of benzene rings is 2. The Morgan fingerprint density at radius 1 is 1.04 bits per heavy atom. The first-order valence-corrected chi connectivity index (χ1v) is 8.37. The minimum atomic E-state index is -4.44. The summed E-state index contributed by atoms with van der Waals surface area (Å²) in [5.74, 6) is 0. The zero-order valence-electron chi connectivity index (χ0n) is 13.7. The molecule has 2 aromatic carbocycles. The minimum absolute atomic E-state index is 0.403. The van der Waals surface area contributed by atoms with Gasteiger partial charge in [-0.3, -0.25) is 4.98 Å². The normalized spacial score (nSPS) is 13.0. The third-order valence-electron chi connectivity index (χ3n) is 4.27. The molecule has 0 amide bonds. The number of halogens is 4. The van der Waals surface area contributed by atoms with Crippen LogP contribution in [0.1, 0.15) is 22.7 Å². The van der Waals surface area contributed by atoms with Crippen LogP contribution in [-0.2, 0) is 6.18 Å². The number of alkyl halides is 3. The van der Waals surface area contributed by atoms with Crippen molar-refractivity contribution in [2.45, 2.75) is 12.2 Å². The average molecular weight is 389 g/mol. The van der Waals surface area contributed by atoms with Crippen LogP contribution in [0.3, 0.4) is 0 Å². The third kappa shape index (κ3) is 3.26. The van der Waals surface area contributed by atoms with Gasteiger partial charge in [-0.25, -0.2) is 9.67 Å². The van der Waals surface area contributed by atoms with E-state index < -0.39 is 17.8 Å². The van der Waals surface area contributed by atoms with Crippen LogP contribution in [0.25, 0.3) is 10.9 Å². The zero-order chi connectivity index (χ0) is 19.0. The van der Waals surface area contributed by atoms with Crippen LogP contribution in [0.4, 0.5) is 13.2 Å². The van der Waals surface area contributed by atoms with Gasteiger partial charge >= 0.3 is 6.18 Å². The maximum atomic E-state index is 13.2. The molecule has 0 fully saturated rings. The van der Waals surface area contributed by atoms with Crippen molar-refractivity contribution in [1.82, 2.24) is 19.7 Å². The first-order valence-electron chi connectivity index (χ1n) is 7.99. The van der Waals surface area contributed by atoms with Gasteiger partial charge in [0.05, 0.1) is 16.1 Å². The van der Waals surface area contributed by atoms with E-state index in [0.29, 0.717) is 27.1 Å². The highest BCUT2D eigenvalue weighted by molar-refractivity contribution is 6.36. The van der Waals surface area contributed by atoms with E-state index in [1.807, 2.05) is 6.07 Å². The van der Waals surface area contributed by atoms with Crippen molar-refractivity contribution in [3.05, 3.63) is 89.1 Å². The van der Waals surface area contributed by atoms with E-state index in [0.717, 1.165) is 12.1 Å². The van der Waals surface area contributed by atoms with Crippen LogP contribution in [0.2, 0.25) is 5.02 Å². The molecule has 4 rings (SSSR count). The van der Waals surface area contributed by atoms with Crippen molar-refractivity contribution in [2.24, 2.45) is 0 Å². The monoisotopic (exact) mass is 388 g/mol. The Morgan fingerprint density at radius 2 is 1.89 bits per heavy atom. The molecular weight excluding hydrogens is 377 g/mol. The molecule has 27 heavy (non-hydrogen) atoms. The van der Waals surface area contributed by atoms with Gasteiger partial charge in [-0.05, 0) is 35.9 Å². The molecule has 2 heterocycles. The maximum Gasteiger partial charge on any atom is 0.416 e. The van der Waals surface area contributed by atoms with E-state index in [4.69, 9.17) is 11.6 Å². The summed E-state index contributed by atoms with van der Waals surface area (Å²) in [6.07, 6.45) is -0.00805. The summed E-state index contributed by atoms with van der Waals surface area (Å²) < 4.78 is 41.1. The van der Waals surface area contributed by atoms with Crippen molar-refractivity contribution in [1.29, 1.82) is 0 Å². The molecule has 0 aliphatic rings. The predicted octanol–water partition coefficient (Wildman–Crippen LogP) is 5.14. The molecule has 1 atom stereocenters. The van der Waals surface area contributed by atoms with E-state index >= 15 is 0 Å². The highest BCUT2D eigenvalue weighted by Gasteiger charge is 2.32. The molecule has 0 bridgehead atoms. The molecule has 0 aliphatic carbocycles. The van der Waals surface area contributed by atoms with Crippen molar-refractivity contribution in [2.75, 3.05) is 0 Å². The maximum absolute atomic E-state index is 13.2. The SMILES string of the molecule is FC(F)(F)c1cccc(C(c2ccc3ncccc3c2Cl)n2cncn2)c1. The highest BCUT2D eigenvalue weighted by atomic mass is 35.5. The second kappa shape index (κ2) is 6.66. The van der Waals surface area contributed by atoms with Gasteiger partial charge in [0.25, 0.3) is 0 Å². The fourth-order valence-corrected chi connectivity index (χ4v) is 3.38. The number of nitrogens with zero attached hydrogens (tertiary/aromatic N) is 4. The fraction of sp³-hybridized carbons (Fsp3) is 0.105. The minimum Gasteiger partial charge on any atom is -0.256 e. The Balaban J connectivity index is 1.93. The summed E-state index contributed by atoms with van der Waals surface area (Å²) in [4.78, 5) is 8.19. The van der Waals surface area contributed by atoms with Gasteiger partial charge in [-0.15, -0.1) is 0 Å². The van der Waals surface area contributed by atoms with Gasteiger partial charge < -0.3 is 0 Å². The molecule has 0 saturated carbocycles. The van der Waals surface area contributed by atoms with Gasteiger partial charge in [-0.1, -0.05) is 29.8 Å². The zero-order valence-corrected chi connectivity index (χ0v) is 14.5. The van der Waals surface area contributed by atoms with Crippen LogP contribution in [0.5, 0.6) is 0 Å². The van der Waals surface area contributed by atoms with Crippen LogP contribution in [0, 0.1) is 0 Å². The first-order chi connectivity index (χ1) is 12.9. The summed E-state index contributed by atoms with van der Waals surface area (Å²) in [7, 11) is 0. The molecule has 136 valence electrons. The summed E-state index contributed by atoms with van der Waals surface area (Å²) in [6.45, 7) is 0. The summed E-state index contributed by atoms with van der Waals surface area (Å²) in [5.41, 5.74) is 0.985. The lowest BCUT2D eigenvalue weighted by molar-refractivity contribution is -0.137. The smallest absolute Gasteiger partial charge is 0.256 e. The number of hydrogen-bond donors (Lipinski definition) is 0. The third-order valence-corrected chi connectivity index (χ3v) is 4.70. The molecule has 0 spiro atoms. The molecule has 0 aliphatic heterocycles. The van der Waals surface area contributed by atoms with Crippen molar-refractivity contribution < 1.29 is 13.2 Å². The lowest BCUT2D eigenvalue weighted by Crippen LogP contribution is -2.15. The Labute approximate surface area is 157 Å². The molecule has 2 aromatic heterocycles. The molecule has 1 unspecified atom stereocenters. The first kappa shape index (κ1) is 17.5. The lowest BCUT2D eigenvalue weighted by atomic mass is 9.95. The average Bonchev–Trinajstić information content (AvgIpc) is 3.18. The van der Waals surface area contributed by atoms with Gasteiger partial charge in [0.2, 0.25) is 0 Å². The Bertz CT molecular complexity index is 1090. The topological polar surface area (TPSA) is 43.6 Å². The van der Waals surface area contributed by atoms with Gasteiger partial charge in [-0.2, -0.15) is 18.3 Å². The van der Waals surface area contributed by atoms with E-state index in [-0.39, 0.29) is 0 Å². The number of hydrogen-bond acceptors (Lipinski definition) is 3. The van der Waals surface area contributed by atoms with Gasteiger partial charge in [0.1, 0.15) is 18.7 Å². The number of fused-ring (bicyclic) bond motifs is 1. The number of pyridine rings is 1. The lowest BCUT2D eigenvalue weighted by Gasteiger charge is -2.21. The second-order valence-electron chi connectivity index (χ2n) is 5.94. The molecule has 0 radical (unpaired) electrons. The summed E-state index contributed by atoms with van der Waals surface area (Å²) >= 11 is 6.61. The van der Waals surface area contributed by atoms with Gasteiger partial charge in [0, 0.05) is 17.1 Å². The summed E-state index contributed by atoms with van der Waals surface area (Å²) in [6, 6.07) is 11.6. The predicted molar refractivity (Wildman–Crippen MR) is 95.5 cm³/mol. The Hall–Kier alpha value is -2.93. The fourth-order valence-electron chi connectivity index (χ4n) is 3.06. The van der Waals surface area contributed by atoms with Crippen LogP contribution in [0.15, 0.2) is 67.4 Å². The second-order valence-corrected chi connectivity index (χ2v) is 6.32. The van der Waals surface area contributed by atoms with Crippen LogP contribution in [-0.4, -0.2) is 19.7 Å². The van der Waals surface area contributed by atoms with E-state index in [9.17, 15) is 13.2 Å². The van der Waals surface area contributed by atoms with E-state index in [2.05, 4.69) is 15.1 Å². The Kier molecular flexibility index (Phi) is 4.31. The van der Waals surface area contributed by atoms with E-state index in [1.54, 1.807) is 30.5 Å². The van der Waals surface area contributed by atoms with Crippen molar-refractivity contribution in [3.63, 3.8) is 0 Å².